The third-order valence-electron chi connectivity index (χ3n) is 4.30. The van der Waals surface area contributed by atoms with E-state index in [4.69, 9.17) is 4.74 Å². The van der Waals surface area contributed by atoms with E-state index in [9.17, 15) is 4.79 Å². The van der Waals surface area contributed by atoms with Crippen molar-refractivity contribution >= 4 is 11.6 Å². The molecule has 126 valence electrons. The molecular weight excluding hydrogens is 300 g/mol. The van der Waals surface area contributed by atoms with Gasteiger partial charge in [-0.05, 0) is 37.1 Å². The maximum absolute atomic E-state index is 12.3. The van der Waals surface area contributed by atoms with Crippen molar-refractivity contribution in [1.82, 2.24) is 0 Å². The molecule has 2 aromatic carbocycles. The number of carbonyl (C=O) groups excluding carboxylic acids is 1. The minimum Gasteiger partial charge on any atom is -0.364 e. The fourth-order valence-corrected chi connectivity index (χ4v) is 3.34. The van der Waals surface area contributed by atoms with Crippen molar-refractivity contribution in [3.8, 4) is 11.1 Å². The number of nitrogens with one attached hydrogen (secondary N) is 2. The Balaban J connectivity index is 1.57. The van der Waals surface area contributed by atoms with E-state index in [1.54, 1.807) is 0 Å². The van der Waals surface area contributed by atoms with Crippen LogP contribution in [-0.4, -0.2) is 37.7 Å². The number of anilines is 1. The maximum atomic E-state index is 12.3. The largest absolute Gasteiger partial charge is 0.364 e. The summed E-state index contributed by atoms with van der Waals surface area (Å²) in [5.74, 6) is 0.0544. The van der Waals surface area contributed by atoms with E-state index >= 15 is 0 Å². The molecule has 24 heavy (non-hydrogen) atoms. The molecule has 1 fully saturated rings. The summed E-state index contributed by atoms with van der Waals surface area (Å²) in [7, 11) is 0. The molecule has 1 unspecified atom stereocenters. The van der Waals surface area contributed by atoms with E-state index < -0.39 is 0 Å². The molecule has 1 aliphatic rings. The molecule has 1 heterocycles. The van der Waals surface area contributed by atoms with Crippen molar-refractivity contribution < 1.29 is 14.4 Å². The van der Waals surface area contributed by atoms with Crippen molar-refractivity contribution in [3.05, 3.63) is 54.6 Å². The number of benzene rings is 2. The first-order valence-corrected chi connectivity index (χ1v) is 8.54. The monoisotopic (exact) mass is 325 g/mol. The van der Waals surface area contributed by atoms with Gasteiger partial charge in [-0.1, -0.05) is 42.5 Å². The van der Waals surface area contributed by atoms with Gasteiger partial charge in [0.05, 0.1) is 0 Å². The van der Waals surface area contributed by atoms with Crippen LogP contribution in [0.3, 0.4) is 0 Å². The molecule has 4 heteroatoms. The van der Waals surface area contributed by atoms with Crippen LogP contribution in [-0.2, 0) is 9.53 Å². The quantitative estimate of drug-likeness (QED) is 0.903. The first kappa shape index (κ1) is 16.7. The van der Waals surface area contributed by atoms with Gasteiger partial charge in [0.15, 0.2) is 6.54 Å². The van der Waals surface area contributed by atoms with E-state index in [1.165, 1.54) is 10.5 Å². The molecule has 1 amide bonds. The Morgan fingerprint density at radius 3 is 2.21 bits per heavy atom. The lowest BCUT2D eigenvalue weighted by atomic mass is 10.1. The minimum atomic E-state index is 0.0544. The molecule has 4 nitrogen and oxygen atoms in total. The van der Waals surface area contributed by atoms with Gasteiger partial charge in [-0.3, -0.25) is 4.79 Å². The average Bonchev–Trinajstić information content (AvgIpc) is 2.55. The van der Waals surface area contributed by atoms with Crippen molar-refractivity contribution in [1.29, 1.82) is 0 Å². The van der Waals surface area contributed by atoms with Gasteiger partial charge in [0, 0.05) is 5.69 Å². The lowest BCUT2D eigenvalue weighted by Gasteiger charge is -2.31. The third-order valence-corrected chi connectivity index (χ3v) is 4.30. The second-order valence-corrected chi connectivity index (χ2v) is 6.58. The topological polar surface area (TPSA) is 42.8 Å². The third kappa shape index (κ3) is 4.43. The van der Waals surface area contributed by atoms with Crippen LogP contribution in [0.1, 0.15) is 13.8 Å². The van der Waals surface area contributed by atoms with Gasteiger partial charge >= 0.3 is 0 Å². The smallest absolute Gasteiger partial charge is 0.279 e. The molecule has 3 rings (SSSR count). The predicted octanol–water partition coefficient (Wildman–Crippen LogP) is 1.98. The molecule has 2 aromatic rings. The molecule has 1 aliphatic heterocycles. The molecule has 0 bridgehead atoms. The Morgan fingerprint density at radius 2 is 1.58 bits per heavy atom. The zero-order valence-corrected chi connectivity index (χ0v) is 14.3. The minimum absolute atomic E-state index is 0.0544. The number of hydrogen-bond acceptors (Lipinski definition) is 2. The molecule has 0 radical (unpaired) electrons. The second kappa shape index (κ2) is 7.60. The van der Waals surface area contributed by atoms with Crippen molar-refractivity contribution in [2.24, 2.45) is 0 Å². The van der Waals surface area contributed by atoms with Gasteiger partial charge in [0.2, 0.25) is 0 Å². The van der Waals surface area contributed by atoms with E-state index in [0.29, 0.717) is 6.54 Å². The summed E-state index contributed by atoms with van der Waals surface area (Å²) in [5.41, 5.74) is 3.17. The van der Waals surface area contributed by atoms with Crippen LogP contribution < -0.4 is 10.2 Å². The van der Waals surface area contributed by atoms with Gasteiger partial charge in [0.25, 0.3) is 5.91 Å². The lowest BCUT2D eigenvalue weighted by molar-refractivity contribution is -0.907. The fourth-order valence-electron chi connectivity index (χ4n) is 3.34. The van der Waals surface area contributed by atoms with E-state index in [0.717, 1.165) is 24.3 Å². The molecule has 0 spiro atoms. The van der Waals surface area contributed by atoms with Crippen LogP contribution in [0.25, 0.3) is 11.1 Å². The van der Waals surface area contributed by atoms with Crippen LogP contribution >= 0.6 is 0 Å². The second-order valence-electron chi connectivity index (χ2n) is 6.58. The SMILES string of the molecule is C[C@@H]1C[NH+](CC(=O)Nc2ccc(-c3ccccc3)cc2)C[C@H](C)O1. The van der Waals surface area contributed by atoms with E-state index in [2.05, 4.69) is 31.3 Å². The number of carbonyl (C=O) groups is 1. The van der Waals surface area contributed by atoms with Gasteiger partial charge in [-0.2, -0.15) is 0 Å². The number of ether oxygens (including phenoxy) is 1. The molecular formula is C20H25N2O2+. The molecule has 0 aromatic heterocycles. The van der Waals surface area contributed by atoms with Crippen LogP contribution in [0.15, 0.2) is 54.6 Å². The summed E-state index contributed by atoms with van der Waals surface area (Å²) in [5, 5.41) is 3.00. The number of quaternary nitrogens is 1. The first-order chi connectivity index (χ1) is 11.6. The standard InChI is InChI=1S/C20H24N2O2/c1-15-12-22(13-16(2)24-15)14-20(23)21-19-10-8-18(9-11-19)17-6-4-3-5-7-17/h3-11,15-16H,12-14H2,1-2H3,(H,21,23)/p+1/t15-,16+. The highest BCUT2D eigenvalue weighted by atomic mass is 16.5. The van der Waals surface area contributed by atoms with Crippen molar-refractivity contribution in [2.75, 3.05) is 25.0 Å². The van der Waals surface area contributed by atoms with Crippen molar-refractivity contribution in [3.63, 3.8) is 0 Å². The average molecular weight is 325 g/mol. The maximum Gasteiger partial charge on any atom is 0.279 e. The van der Waals surface area contributed by atoms with E-state index in [1.807, 2.05) is 42.5 Å². The molecule has 2 N–H and O–H groups in total. The van der Waals surface area contributed by atoms with E-state index in [-0.39, 0.29) is 18.1 Å². The first-order valence-electron chi connectivity index (χ1n) is 8.54. The highest BCUT2D eigenvalue weighted by molar-refractivity contribution is 5.91. The zero-order chi connectivity index (χ0) is 16.9. The van der Waals surface area contributed by atoms with Crippen molar-refractivity contribution in [2.45, 2.75) is 26.1 Å². The summed E-state index contributed by atoms with van der Waals surface area (Å²) in [4.78, 5) is 13.6. The summed E-state index contributed by atoms with van der Waals surface area (Å²) >= 11 is 0. The Hall–Kier alpha value is -2.17. The highest BCUT2D eigenvalue weighted by Gasteiger charge is 2.27. The zero-order valence-electron chi connectivity index (χ0n) is 14.3. The number of amides is 1. The predicted molar refractivity (Wildman–Crippen MR) is 96.1 cm³/mol. The molecule has 1 saturated heterocycles. The summed E-state index contributed by atoms with van der Waals surface area (Å²) in [6.07, 6.45) is 0.420. The normalized spacial score (nSPS) is 23.7. The number of morpholine rings is 1. The highest BCUT2D eigenvalue weighted by Crippen LogP contribution is 2.20. The molecule has 0 saturated carbocycles. The molecule has 0 aliphatic carbocycles. The van der Waals surface area contributed by atoms with Crippen LogP contribution in [0.4, 0.5) is 5.69 Å². The van der Waals surface area contributed by atoms with Crippen LogP contribution in [0.5, 0.6) is 0 Å². The Kier molecular flexibility index (Phi) is 5.28. The Labute approximate surface area is 143 Å². The van der Waals surface area contributed by atoms with Gasteiger partial charge in [-0.25, -0.2) is 0 Å². The van der Waals surface area contributed by atoms with Gasteiger partial charge in [-0.15, -0.1) is 0 Å². The lowest BCUT2D eigenvalue weighted by Crippen LogP contribution is -3.16. The van der Waals surface area contributed by atoms with Crippen LogP contribution in [0, 0.1) is 0 Å². The fraction of sp³-hybridized carbons (Fsp3) is 0.350. The number of rotatable bonds is 4. The Bertz CT molecular complexity index is 660. The summed E-state index contributed by atoms with van der Waals surface area (Å²) in [6.45, 7) is 6.37. The molecule has 3 atom stereocenters. The Morgan fingerprint density at radius 1 is 1.00 bits per heavy atom. The van der Waals surface area contributed by atoms with Gasteiger partial charge < -0.3 is 15.0 Å². The summed E-state index contributed by atoms with van der Waals surface area (Å²) in [6, 6.07) is 18.2. The van der Waals surface area contributed by atoms with Gasteiger partial charge in [0.1, 0.15) is 25.3 Å². The van der Waals surface area contributed by atoms with Crippen LogP contribution in [0.2, 0.25) is 0 Å². The number of hydrogen-bond donors (Lipinski definition) is 2. The summed E-state index contributed by atoms with van der Waals surface area (Å²) < 4.78 is 5.72.